The minimum atomic E-state index is -0.433. The Kier molecular flexibility index (Phi) is 6.53. The molecule has 1 N–H and O–H groups in total. The Morgan fingerprint density at radius 1 is 1.20 bits per heavy atom. The Labute approximate surface area is 156 Å². The molecule has 0 bridgehead atoms. The van der Waals surface area contributed by atoms with Crippen LogP contribution >= 0.6 is 23.1 Å². The molecule has 2 aromatic rings. The van der Waals surface area contributed by atoms with E-state index in [-0.39, 0.29) is 12.5 Å². The second kappa shape index (κ2) is 9.06. The van der Waals surface area contributed by atoms with Crippen LogP contribution in [0.3, 0.4) is 0 Å². The molecule has 1 aromatic heterocycles. The van der Waals surface area contributed by atoms with Crippen LogP contribution in [0.1, 0.15) is 32.8 Å². The highest BCUT2D eigenvalue weighted by molar-refractivity contribution is 7.98. The van der Waals surface area contributed by atoms with Gasteiger partial charge in [-0.05, 0) is 54.0 Å². The second-order valence-electron chi connectivity index (χ2n) is 5.90. The number of nitrogens with one attached hydrogen (secondary N) is 1. The molecule has 1 heterocycles. The van der Waals surface area contributed by atoms with E-state index in [4.69, 9.17) is 4.74 Å². The lowest BCUT2D eigenvalue weighted by Crippen LogP contribution is -2.30. The van der Waals surface area contributed by atoms with Crippen LogP contribution in [0.15, 0.2) is 35.7 Å². The van der Waals surface area contributed by atoms with Crippen molar-refractivity contribution in [2.24, 2.45) is 0 Å². The van der Waals surface area contributed by atoms with E-state index < -0.39 is 5.97 Å². The number of carbonyl (C=O) groups is 2. The zero-order valence-corrected chi connectivity index (χ0v) is 15.6. The SMILES string of the molecule is O=C(COC(=O)c1ccc2c(c1)CCC2)NCCSCc1cccs1. The van der Waals surface area contributed by atoms with Gasteiger partial charge in [-0.15, -0.1) is 11.3 Å². The van der Waals surface area contributed by atoms with Crippen molar-refractivity contribution < 1.29 is 14.3 Å². The van der Waals surface area contributed by atoms with E-state index in [0.29, 0.717) is 12.1 Å². The van der Waals surface area contributed by atoms with Crippen LogP contribution in [-0.2, 0) is 28.1 Å². The Hall–Kier alpha value is -1.79. The van der Waals surface area contributed by atoms with Gasteiger partial charge >= 0.3 is 5.97 Å². The third kappa shape index (κ3) is 5.34. The number of amides is 1. The zero-order valence-electron chi connectivity index (χ0n) is 14.0. The van der Waals surface area contributed by atoms with Crippen LogP contribution in [0.25, 0.3) is 0 Å². The van der Waals surface area contributed by atoms with Crippen molar-refractivity contribution in [1.82, 2.24) is 5.32 Å². The molecule has 0 atom stereocenters. The Bertz CT molecular complexity index is 728. The van der Waals surface area contributed by atoms with Gasteiger partial charge in [0.25, 0.3) is 5.91 Å². The minimum Gasteiger partial charge on any atom is -0.452 e. The molecule has 1 aliphatic carbocycles. The minimum absolute atomic E-state index is 0.231. The first-order valence-electron chi connectivity index (χ1n) is 8.38. The highest BCUT2D eigenvalue weighted by Crippen LogP contribution is 2.23. The van der Waals surface area contributed by atoms with E-state index in [1.807, 2.05) is 18.2 Å². The number of fused-ring (bicyclic) bond motifs is 1. The second-order valence-corrected chi connectivity index (χ2v) is 8.03. The maximum atomic E-state index is 12.1. The lowest BCUT2D eigenvalue weighted by molar-refractivity contribution is -0.124. The number of aryl methyl sites for hydroxylation is 2. The number of esters is 1. The lowest BCUT2D eigenvalue weighted by Gasteiger charge is -2.07. The van der Waals surface area contributed by atoms with Gasteiger partial charge in [-0.25, -0.2) is 4.79 Å². The van der Waals surface area contributed by atoms with Crippen molar-refractivity contribution in [3.63, 3.8) is 0 Å². The first-order valence-corrected chi connectivity index (χ1v) is 10.4. The van der Waals surface area contributed by atoms with Gasteiger partial charge in [0.1, 0.15) is 0 Å². The first-order chi connectivity index (χ1) is 12.2. The summed E-state index contributed by atoms with van der Waals surface area (Å²) in [6.45, 7) is 0.344. The topological polar surface area (TPSA) is 55.4 Å². The summed E-state index contributed by atoms with van der Waals surface area (Å²) in [6, 6.07) is 9.81. The molecule has 0 unspecified atom stereocenters. The number of carbonyl (C=O) groups excluding carboxylic acids is 2. The molecule has 1 amide bonds. The average Bonchev–Trinajstić information content (AvgIpc) is 3.30. The molecular formula is C19H21NO3S2. The third-order valence-electron chi connectivity index (χ3n) is 4.06. The fourth-order valence-electron chi connectivity index (χ4n) is 2.79. The maximum absolute atomic E-state index is 12.1. The van der Waals surface area contributed by atoms with Gasteiger partial charge in [-0.3, -0.25) is 4.79 Å². The smallest absolute Gasteiger partial charge is 0.338 e. The van der Waals surface area contributed by atoms with Crippen molar-refractivity contribution in [3.8, 4) is 0 Å². The first kappa shape index (κ1) is 18.0. The Morgan fingerprint density at radius 3 is 2.92 bits per heavy atom. The van der Waals surface area contributed by atoms with Gasteiger partial charge in [0.15, 0.2) is 6.61 Å². The lowest BCUT2D eigenvalue weighted by atomic mass is 10.1. The zero-order chi connectivity index (χ0) is 17.5. The number of thiophene rings is 1. The maximum Gasteiger partial charge on any atom is 0.338 e. The fourth-order valence-corrected chi connectivity index (χ4v) is 4.49. The summed E-state index contributed by atoms with van der Waals surface area (Å²) in [5.41, 5.74) is 3.07. The summed E-state index contributed by atoms with van der Waals surface area (Å²) < 4.78 is 5.11. The standard InChI is InChI=1S/C19H21NO3S2/c21-18(20-8-10-24-13-17-5-2-9-25-17)12-23-19(22)16-7-6-14-3-1-4-15(14)11-16/h2,5-7,9,11H,1,3-4,8,10,12-13H2,(H,20,21). The van der Waals surface area contributed by atoms with Crippen molar-refractivity contribution in [2.45, 2.75) is 25.0 Å². The van der Waals surface area contributed by atoms with E-state index in [9.17, 15) is 9.59 Å². The molecule has 0 saturated carbocycles. The third-order valence-corrected chi connectivity index (χ3v) is 6.13. The van der Waals surface area contributed by atoms with E-state index in [1.54, 1.807) is 29.2 Å². The van der Waals surface area contributed by atoms with Crippen molar-refractivity contribution in [1.29, 1.82) is 0 Å². The fraction of sp³-hybridized carbons (Fsp3) is 0.368. The van der Waals surface area contributed by atoms with Crippen LogP contribution < -0.4 is 5.32 Å². The van der Waals surface area contributed by atoms with E-state index in [0.717, 1.165) is 30.8 Å². The van der Waals surface area contributed by atoms with Crippen LogP contribution in [0, 0.1) is 0 Å². The van der Waals surface area contributed by atoms with Gasteiger partial charge in [-0.2, -0.15) is 11.8 Å². The number of rotatable bonds is 8. The van der Waals surface area contributed by atoms with Crippen molar-refractivity contribution in [3.05, 3.63) is 57.3 Å². The molecule has 1 aromatic carbocycles. The van der Waals surface area contributed by atoms with Gasteiger partial charge in [-0.1, -0.05) is 12.1 Å². The predicted molar refractivity (Wildman–Crippen MR) is 102 cm³/mol. The molecule has 132 valence electrons. The van der Waals surface area contributed by atoms with Gasteiger partial charge in [0, 0.05) is 22.9 Å². The number of benzene rings is 1. The van der Waals surface area contributed by atoms with Gasteiger partial charge in [0.2, 0.25) is 0 Å². The van der Waals surface area contributed by atoms with Crippen LogP contribution in [0.4, 0.5) is 0 Å². The molecule has 4 nitrogen and oxygen atoms in total. The molecule has 0 fully saturated rings. The highest BCUT2D eigenvalue weighted by atomic mass is 32.2. The number of hydrogen-bond acceptors (Lipinski definition) is 5. The molecule has 6 heteroatoms. The van der Waals surface area contributed by atoms with Gasteiger partial charge in [0.05, 0.1) is 5.56 Å². The summed E-state index contributed by atoms with van der Waals surface area (Å²) in [6.07, 6.45) is 3.23. The molecule has 0 saturated heterocycles. The van der Waals surface area contributed by atoms with E-state index in [1.165, 1.54) is 16.0 Å². The number of hydrogen-bond donors (Lipinski definition) is 1. The van der Waals surface area contributed by atoms with E-state index >= 15 is 0 Å². The molecule has 1 aliphatic rings. The van der Waals surface area contributed by atoms with Crippen LogP contribution in [0.5, 0.6) is 0 Å². The van der Waals surface area contributed by atoms with E-state index in [2.05, 4.69) is 16.8 Å². The Balaban J connectivity index is 1.32. The largest absolute Gasteiger partial charge is 0.452 e. The number of thioether (sulfide) groups is 1. The van der Waals surface area contributed by atoms with Gasteiger partial charge < -0.3 is 10.1 Å². The molecule has 0 spiro atoms. The van der Waals surface area contributed by atoms with Crippen molar-refractivity contribution >= 4 is 35.0 Å². The summed E-state index contributed by atoms with van der Waals surface area (Å²) in [7, 11) is 0. The Morgan fingerprint density at radius 2 is 2.08 bits per heavy atom. The molecule has 0 radical (unpaired) electrons. The highest BCUT2D eigenvalue weighted by Gasteiger charge is 2.15. The molecule has 25 heavy (non-hydrogen) atoms. The quantitative estimate of drug-likeness (QED) is 0.567. The van der Waals surface area contributed by atoms with Crippen LogP contribution in [0.2, 0.25) is 0 Å². The summed E-state index contributed by atoms with van der Waals surface area (Å²) in [5.74, 6) is 1.10. The van der Waals surface area contributed by atoms with Crippen LogP contribution in [-0.4, -0.2) is 30.8 Å². The summed E-state index contributed by atoms with van der Waals surface area (Å²) >= 11 is 3.51. The number of ether oxygens (including phenoxy) is 1. The van der Waals surface area contributed by atoms with Crippen molar-refractivity contribution in [2.75, 3.05) is 18.9 Å². The molecule has 0 aliphatic heterocycles. The average molecular weight is 376 g/mol. The summed E-state index contributed by atoms with van der Waals surface area (Å²) in [4.78, 5) is 25.1. The molecule has 3 rings (SSSR count). The molecular weight excluding hydrogens is 354 g/mol. The summed E-state index contributed by atoms with van der Waals surface area (Å²) in [5, 5.41) is 4.84. The normalized spacial score (nSPS) is 12.6. The predicted octanol–water partition coefficient (Wildman–Crippen LogP) is 3.44. The monoisotopic (exact) mass is 375 g/mol.